The molecule has 1 aliphatic rings. The van der Waals surface area contributed by atoms with Crippen LogP contribution < -0.4 is 0 Å². The molecule has 14 heteroatoms. The van der Waals surface area contributed by atoms with Gasteiger partial charge in [0.1, 0.15) is 31.4 Å². The van der Waals surface area contributed by atoms with E-state index in [1.807, 2.05) is 7.11 Å². The van der Waals surface area contributed by atoms with Crippen molar-refractivity contribution in [3.63, 3.8) is 0 Å². The molecule has 0 saturated carbocycles. The number of rotatable bonds is 47. The number of carbonyl (C=O) groups excluding carboxylic acids is 6. The molecule has 81 heavy (non-hydrogen) atoms. The van der Waals surface area contributed by atoms with E-state index in [0.29, 0.717) is 45.2 Å². The number of nitrogens with zero attached hydrogens (tertiary/aromatic N) is 1. The lowest BCUT2D eigenvalue weighted by atomic mass is 9.99. The van der Waals surface area contributed by atoms with E-state index in [1.165, 1.54) is 174 Å². The number of allylic oxidation sites excluding steroid dienone is 1. The van der Waals surface area contributed by atoms with E-state index in [4.69, 9.17) is 33.2 Å². The Hall–Kier alpha value is -2.98. The molecule has 1 saturated heterocycles. The Labute approximate surface area is 500 Å². The van der Waals surface area contributed by atoms with Crippen LogP contribution >= 0.6 is 0 Å². The Balaban J connectivity index is -0.000000159. The maximum atomic E-state index is 11.5. The van der Waals surface area contributed by atoms with Crippen LogP contribution in [0.5, 0.6) is 0 Å². The molecule has 0 aromatic rings. The Kier molecular flexibility index (Phi) is 103. The molecule has 1 rings (SSSR count). The second kappa shape index (κ2) is 90.8. The van der Waals surface area contributed by atoms with Gasteiger partial charge in [-0.2, -0.15) is 0 Å². The van der Waals surface area contributed by atoms with E-state index in [9.17, 15) is 28.8 Å². The molecule has 1 atom stereocenters. The second-order valence-electron chi connectivity index (χ2n) is 20.6. The highest BCUT2D eigenvalue weighted by Gasteiger charge is 2.15. The molecule has 14 nitrogen and oxygen atoms in total. The molecular weight excluding hydrogens is 1030 g/mol. The average Bonchev–Trinajstić information content (AvgIpc) is 3.69. The first-order valence-corrected chi connectivity index (χ1v) is 31.6. The lowest BCUT2D eigenvalue weighted by molar-refractivity contribution is -0.145. The second-order valence-corrected chi connectivity index (χ2v) is 20.6. The number of hydrogen-bond acceptors (Lipinski definition) is 14. The van der Waals surface area contributed by atoms with Crippen molar-refractivity contribution in [3.8, 4) is 0 Å². The SMILES string of the molecule is C=C.C=CCC(CC=O)CC=O.CCCCCCCCOC.CCCCCCCCOC.CCCCCCCCOC.CCCCCCCCOC(=O)CC(CC=O)CC=O.COC1CCCN(C)CC1.COCC(CC=O)COC. The number of esters is 1. The maximum absolute atomic E-state index is 11.5. The number of aldehydes is 5. The highest BCUT2D eigenvalue weighted by molar-refractivity contribution is 5.71. The summed E-state index contributed by atoms with van der Waals surface area (Å²) in [5.41, 5.74) is 0. The van der Waals surface area contributed by atoms with Crippen molar-refractivity contribution >= 4 is 37.4 Å². The number of unbranched alkanes of at least 4 members (excludes halogenated alkanes) is 20. The van der Waals surface area contributed by atoms with Crippen molar-refractivity contribution in [1.29, 1.82) is 0 Å². The molecule has 0 amide bonds. The molecule has 1 fully saturated rings. The molecule has 1 aliphatic heterocycles. The van der Waals surface area contributed by atoms with Crippen LogP contribution in [0.4, 0.5) is 0 Å². The van der Waals surface area contributed by atoms with Crippen molar-refractivity contribution < 1.29 is 61.9 Å². The van der Waals surface area contributed by atoms with Gasteiger partial charge in [-0.25, -0.2) is 0 Å². The number of ether oxygens (including phenoxy) is 7. The van der Waals surface area contributed by atoms with Crippen molar-refractivity contribution in [2.24, 2.45) is 17.8 Å². The topological polar surface area (TPSA) is 170 Å². The summed E-state index contributed by atoms with van der Waals surface area (Å²) >= 11 is 0. The van der Waals surface area contributed by atoms with Gasteiger partial charge < -0.3 is 62.0 Å². The first kappa shape index (κ1) is 91.8. The molecule has 1 heterocycles. The minimum absolute atomic E-state index is 0.160. The zero-order chi connectivity index (χ0) is 62.4. The van der Waals surface area contributed by atoms with Crippen LogP contribution in [0.2, 0.25) is 0 Å². The van der Waals surface area contributed by atoms with Crippen LogP contribution in [0.1, 0.15) is 246 Å². The van der Waals surface area contributed by atoms with Gasteiger partial charge in [0.15, 0.2) is 0 Å². The van der Waals surface area contributed by atoms with Gasteiger partial charge in [0.2, 0.25) is 0 Å². The van der Waals surface area contributed by atoms with Crippen LogP contribution in [-0.4, -0.2) is 151 Å². The van der Waals surface area contributed by atoms with Gasteiger partial charge >= 0.3 is 5.97 Å². The van der Waals surface area contributed by atoms with Crippen molar-refractivity contribution in [2.45, 2.75) is 252 Å². The monoisotopic (exact) mass is 1160 g/mol. The smallest absolute Gasteiger partial charge is 0.306 e. The molecule has 0 bridgehead atoms. The van der Waals surface area contributed by atoms with E-state index < -0.39 is 0 Å². The fraction of sp³-hybridized carbons (Fsp3) is 0.851. The van der Waals surface area contributed by atoms with Crippen molar-refractivity contribution in [3.05, 3.63) is 25.8 Å². The van der Waals surface area contributed by atoms with Crippen molar-refractivity contribution in [2.75, 3.05) is 102 Å². The third-order valence-corrected chi connectivity index (χ3v) is 13.0. The summed E-state index contributed by atoms with van der Waals surface area (Å²) in [4.78, 5) is 64.7. The van der Waals surface area contributed by atoms with Gasteiger partial charge in [-0.3, -0.25) is 4.79 Å². The summed E-state index contributed by atoms with van der Waals surface area (Å²) in [6.45, 7) is 25.3. The fourth-order valence-corrected chi connectivity index (χ4v) is 8.01. The van der Waals surface area contributed by atoms with Crippen molar-refractivity contribution in [1.82, 2.24) is 4.90 Å². The first-order valence-electron chi connectivity index (χ1n) is 31.6. The van der Waals surface area contributed by atoms with Crippen LogP contribution in [0.15, 0.2) is 25.8 Å². The Morgan fingerprint density at radius 1 is 0.444 bits per heavy atom. The quantitative estimate of drug-likeness (QED) is 0.0244. The average molecular weight is 1160 g/mol. The van der Waals surface area contributed by atoms with Crippen LogP contribution in [-0.2, 0) is 61.9 Å². The highest BCUT2D eigenvalue weighted by atomic mass is 16.5. The Morgan fingerprint density at radius 2 is 0.778 bits per heavy atom. The van der Waals surface area contributed by atoms with Gasteiger partial charge in [-0.1, -0.05) is 162 Å². The summed E-state index contributed by atoms with van der Waals surface area (Å²) in [6.07, 6.45) is 44.1. The van der Waals surface area contributed by atoms with Gasteiger partial charge in [0.25, 0.3) is 0 Å². The fourth-order valence-electron chi connectivity index (χ4n) is 8.01. The third kappa shape index (κ3) is 93.7. The Bertz CT molecular complexity index is 1090. The molecule has 0 spiro atoms. The summed E-state index contributed by atoms with van der Waals surface area (Å²) in [7, 11) is 12.5. The number of methoxy groups -OCH3 is 6. The van der Waals surface area contributed by atoms with E-state index in [2.05, 4.69) is 59.4 Å². The molecule has 1 unspecified atom stereocenters. The maximum Gasteiger partial charge on any atom is 0.306 e. The van der Waals surface area contributed by atoms with Gasteiger partial charge in [0.05, 0.1) is 25.9 Å². The van der Waals surface area contributed by atoms with Crippen LogP contribution in [0.25, 0.3) is 0 Å². The summed E-state index contributed by atoms with van der Waals surface area (Å²) < 4.78 is 35.0. The molecule has 0 aromatic carbocycles. The predicted molar refractivity (Wildman–Crippen MR) is 341 cm³/mol. The molecule has 0 radical (unpaired) electrons. The zero-order valence-corrected chi connectivity index (χ0v) is 54.8. The highest BCUT2D eigenvalue weighted by Crippen LogP contribution is 2.14. The first-order chi connectivity index (χ1) is 39.5. The van der Waals surface area contributed by atoms with Gasteiger partial charge in [-0.15, -0.1) is 19.7 Å². The molecule has 0 N–H and O–H groups in total. The van der Waals surface area contributed by atoms with E-state index in [1.54, 1.807) is 41.6 Å². The summed E-state index contributed by atoms with van der Waals surface area (Å²) in [5.74, 6) is -0.116. The summed E-state index contributed by atoms with van der Waals surface area (Å²) in [6, 6.07) is 0. The number of hydrogen-bond donors (Lipinski definition) is 0. The predicted octanol–water partition coefficient (Wildman–Crippen LogP) is 15.8. The van der Waals surface area contributed by atoms with Gasteiger partial charge in [-0.05, 0) is 76.8 Å². The standard InChI is InChI=1S/C15H26O4.3C9H20O.C8H17NO.C8H12O2.C7H14O3.C2H4/c1-2-3-4-5-6-7-12-19-15(18)13-14(8-10-16)9-11-17;3*1-3-4-5-6-7-8-9-10-2;1-9-6-3-4-8(10-2)5-7-9;1-2-3-8(4-6-9)5-7-10;1-9-5-7(3-4-8)6-10-2;1-2/h10-11,14H,2-9,12-13H2,1H3;3*3-9H2,1-2H3;8H,3-7H2,1-2H3;2,6-8H,1,3-5H2;4,7H,3,5-6H2,1-2H3;1-2H2. The molecule has 0 aromatic heterocycles. The third-order valence-electron chi connectivity index (χ3n) is 13.0. The molecule has 484 valence electrons. The van der Waals surface area contributed by atoms with E-state index in [0.717, 1.165) is 70.5 Å². The number of likely N-dealkylation sites (tertiary alicyclic amines) is 1. The van der Waals surface area contributed by atoms with E-state index >= 15 is 0 Å². The normalized spacial score (nSPS) is 12.4. The largest absolute Gasteiger partial charge is 0.466 e. The van der Waals surface area contributed by atoms with Gasteiger partial charge in [0, 0.05) is 113 Å². The minimum Gasteiger partial charge on any atom is -0.466 e. The van der Waals surface area contributed by atoms with Crippen LogP contribution in [0, 0.1) is 17.8 Å². The van der Waals surface area contributed by atoms with Crippen LogP contribution in [0.3, 0.4) is 0 Å². The molecular formula is C67H133NO13. The zero-order valence-electron chi connectivity index (χ0n) is 54.8. The Morgan fingerprint density at radius 3 is 1.10 bits per heavy atom. The minimum atomic E-state index is -0.303. The lowest BCUT2D eigenvalue weighted by Crippen LogP contribution is -2.19. The molecule has 0 aliphatic carbocycles. The number of carbonyl (C=O) groups is 6. The van der Waals surface area contributed by atoms with E-state index in [-0.39, 0.29) is 43.0 Å². The lowest BCUT2D eigenvalue weighted by Gasteiger charge is -2.12. The summed E-state index contributed by atoms with van der Waals surface area (Å²) in [5, 5.41) is 0.